The van der Waals surface area contributed by atoms with Crippen LogP contribution < -0.4 is 0 Å². The molecule has 0 heterocycles. The van der Waals surface area contributed by atoms with E-state index in [0.29, 0.717) is 0 Å². The Kier molecular flexibility index (Phi) is 0.180. The monoisotopic (exact) mass is 78.0 g/mol. The van der Waals surface area contributed by atoms with E-state index in [2.05, 4.69) is 13.2 Å². The van der Waals surface area contributed by atoms with Crippen molar-refractivity contribution in [1.29, 1.82) is 0 Å². The molecule has 0 radical (unpaired) electrons. The quantitative estimate of drug-likeness (QED) is 0.384. The zero-order valence-corrected chi connectivity index (χ0v) is 3.57. The second-order valence-electron chi connectivity index (χ2n) is 2.11. The zero-order chi connectivity index (χ0) is 4.31. The van der Waals surface area contributed by atoms with Crippen LogP contribution in [0.3, 0.4) is 0 Å². The summed E-state index contributed by atoms with van der Waals surface area (Å²) in [5, 5.41) is 0. The lowest BCUT2D eigenvalue weighted by atomic mass is 10.3. The van der Waals surface area contributed by atoms with Crippen molar-refractivity contribution in [2.75, 3.05) is 0 Å². The molecule has 0 aromatic carbocycles. The van der Waals surface area contributed by atoms with Crippen LogP contribution in [0.2, 0.25) is 0 Å². The van der Waals surface area contributed by atoms with Crippen molar-refractivity contribution in [3.63, 3.8) is 0 Å². The van der Waals surface area contributed by atoms with Gasteiger partial charge in [0.25, 0.3) is 0 Å². The highest BCUT2D eigenvalue weighted by Gasteiger charge is 2.62. The van der Waals surface area contributed by atoms with Crippen molar-refractivity contribution in [3.05, 3.63) is 24.3 Å². The maximum atomic E-state index is 3.79. The van der Waals surface area contributed by atoms with Gasteiger partial charge in [-0.25, -0.2) is 0 Å². The molecule has 0 spiro atoms. The average Bonchev–Trinajstić information content (AvgIpc) is 2.28. The van der Waals surface area contributed by atoms with Crippen LogP contribution in [0.1, 0.15) is 0 Å². The van der Waals surface area contributed by atoms with Crippen molar-refractivity contribution < 1.29 is 0 Å². The van der Waals surface area contributed by atoms with Gasteiger partial charge in [0.1, 0.15) is 0 Å². The normalized spacial score (nSPS) is 48.7. The van der Waals surface area contributed by atoms with Crippen LogP contribution in [-0.2, 0) is 0 Å². The molecule has 0 unspecified atom stereocenters. The molecule has 2 saturated carbocycles. The van der Waals surface area contributed by atoms with Crippen LogP contribution in [-0.4, -0.2) is 0 Å². The molecule has 6 heavy (non-hydrogen) atoms. The van der Waals surface area contributed by atoms with Crippen molar-refractivity contribution in [1.82, 2.24) is 0 Å². The lowest BCUT2D eigenvalue weighted by molar-refractivity contribution is 1.36. The van der Waals surface area contributed by atoms with E-state index >= 15 is 0 Å². The maximum absolute atomic E-state index is 3.79. The highest BCUT2D eigenvalue weighted by Crippen LogP contribution is 2.70. The fourth-order valence-electron chi connectivity index (χ4n) is 1.01. The first-order valence-electron chi connectivity index (χ1n) is 2.20. The van der Waals surface area contributed by atoms with Crippen LogP contribution in [0.4, 0.5) is 0 Å². The lowest BCUT2D eigenvalue weighted by Crippen LogP contribution is -1.64. The predicted molar refractivity (Wildman–Crippen MR) is 25.3 cm³/mol. The highest BCUT2D eigenvalue weighted by molar-refractivity contribution is 5.60. The van der Waals surface area contributed by atoms with Crippen LogP contribution >= 0.6 is 0 Å². The first-order valence-corrected chi connectivity index (χ1v) is 2.20. The van der Waals surface area contributed by atoms with Crippen LogP contribution in [0.15, 0.2) is 24.3 Å². The molecule has 0 aromatic heterocycles. The van der Waals surface area contributed by atoms with Crippen molar-refractivity contribution in [3.8, 4) is 0 Å². The molecule has 2 aliphatic rings. The molecule has 0 amide bonds. The number of hydrogen-bond acceptors (Lipinski definition) is 0. The summed E-state index contributed by atoms with van der Waals surface area (Å²) in [5.74, 6) is 1.59. The third kappa shape index (κ3) is 0.0893. The van der Waals surface area contributed by atoms with E-state index in [1.54, 1.807) is 0 Å². The van der Waals surface area contributed by atoms with Gasteiger partial charge in [-0.1, -0.05) is 24.3 Å². The lowest BCUT2D eigenvalue weighted by Gasteiger charge is -1.79. The molecule has 0 N–H and O–H groups in total. The van der Waals surface area contributed by atoms with E-state index in [9.17, 15) is 0 Å². The van der Waals surface area contributed by atoms with Crippen LogP contribution in [0, 0.1) is 11.8 Å². The molecule has 2 fully saturated rings. The molecule has 0 atom stereocenters. The minimum atomic E-state index is 0.796. The first-order chi connectivity index (χ1) is 2.82. The van der Waals surface area contributed by atoms with Crippen molar-refractivity contribution in [2.45, 2.75) is 0 Å². The Balaban J connectivity index is 2.42. The van der Waals surface area contributed by atoms with E-state index in [-0.39, 0.29) is 0 Å². The number of fused-ring (bicyclic) bond motifs is 1. The fourth-order valence-corrected chi connectivity index (χ4v) is 1.01. The van der Waals surface area contributed by atoms with E-state index in [1.807, 2.05) is 0 Å². The second-order valence-corrected chi connectivity index (χ2v) is 2.11. The Morgan fingerprint density at radius 3 is 1.33 bits per heavy atom. The average molecular weight is 78.1 g/mol. The molecule has 0 bridgehead atoms. The topological polar surface area (TPSA) is 0 Å². The van der Waals surface area contributed by atoms with E-state index in [1.165, 1.54) is 11.1 Å². The molecule has 0 saturated heterocycles. The van der Waals surface area contributed by atoms with Gasteiger partial charge in [-0.3, -0.25) is 0 Å². The van der Waals surface area contributed by atoms with Gasteiger partial charge >= 0.3 is 0 Å². The van der Waals surface area contributed by atoms with Crippen LogP contribution in [0.5, 0.6) is 0 Å². The van der Waals surface area contributed by atoms with Gasteiger partial charge in [-0.15, -0.1) is 0 Å². The standard InChI is InChI=1S/C6H6/c1-3-5-4(2)6(3)5/h5-6H,1-2H2. The minimum Gasteiger partial charge on any atom is -0.0986 e. The highest BCUT2D eigenvalue weighted by atomic mass is 14.6. The fraction of sp³-hybridized carbons (Fsp3) is 0.333. The summed E-state index contributed by atoms with van der Waals surface area (Å²) in [7, 11) is 0. The predicted octanol–water partition coefficient (Wildman–Crippen LogP) is 1.36. The molecule has 0 aromatic rings. The summed E-state index contributed by atoms with van der Waals surface area (Å²) in [6.45, 7) is 7.57. The smallest absolute Gasteiger partial charge is 0.0117 e. The van der Waals surface area contributed by atoms with Crippen molar-refractivity contribution >= 4 is 0 Å². The summed E-state index contributed by atoms with van der Waals surface area (Å²) >= 11 is 0. The van der Waals surface area contributed by atoms with Gasteiger partial charge in [0.2, 0.25) is 0 Å². The summed E-state index contributed by atoms with van der Waals surface area (Å²) < 4.78 is 0. The van der Waals surface area contributed by atoms with Crippen LogP contribution in [0.25, 0.3) is 0 Å². The SMILES string of the molecule is C=C1C2C(=C)C12. The zero-order valence-electron chi connectivity index (χ0n) is 3.57. The number of rotatable bonds is 0. The Bertz CT molecular complexity index is 112. The minimum absolute atomic E-state index is 0.796. The summed E-state index contributed by atoms with van der Waals surface area (Å²) in [6, 6.07) is 0. The van der Waals surface area contributed by atoms with E-state index in [0.717, 1.165) is 11.8 Å². The summed E-state index contributed by atoms with van der Waals surface area (Å²) in [6.07, 6.45) is 0. The molecule has 0 aliphatic heterocycles. The summed E-state index contributed by atoms with van der Waals surface area (Å²) in [4.78, 5) is 0. The first kappa shape index (κ1) is 2.62. The van der Waals surface area contributed by atoms with E-state index in [4.69, 9.17) is 0 Å². The molecular formula is C6H6. The molecular weight excluding hydrogens is 72.1 g/mol. The van der Waals surface area contributed by atoms with E-state index < -0.39 is 0 Å². The molecule has 0 nitrogen and oxygen atoms in total. The molecule has 2 rings (SSSR count). The van der Waals surface area contributed by atoms with Gasteiger partial charge < -0.3 is 0 Å². The third-order valence-electron chi connectivity index (χ3n) is 1.71. The van der Waals surface area contributed by atoms with Gasteiger partial charge in [0, 0.05) is 11.8 Å². The van der Waals surface area contributed by atoms with Gasteiger partial charge in [0.15, 0.2) is 0 Å². The molecule has 2 aliphatic carbocycles. The second kappa shape index (κ2) is 0.412. The van der Waals surface area contributed by atoms with Crippen molar-refractivity contribution in [2.24, 2.45) is 11.8 Å². The molecule has 0 heteroatoms. The number of hydrogen-bond donors (Lipinski definition) is 0. The van der Waals surface area contributed by atoms with Gasteiger partial charge in [0.05, 0.1) is 0 Å². The Morgan fingerprint density at radius 1 is 1.00 bits per heavy atom. The Morgan fingerprint density at radius 2 is 1.33 bits per heavy atom. The number of allylic oxidation sites excluding steroid dienone is 2. The Hall–Kier alpha value is -0.520. The maximum Gasteiger partial charge on any atom is 0.0117 e. The largest absolute Gasteiger partial charge is 0.0986 e. The third-order valence-corrected chi connectivity index (χ3v) is 1.71. The molecule has 30 valence electrons. The Labute approximate surface area is 37.2 Å². The summed E-state index contributed by atoms with van der Waals surface area (Å²) in [5.41, 5.74) is 2.83. The van der Waals surface area contributed by atoms with Gasteiger partial charge in [-0.05, 0) is 0 Å². The van der Waals surface area contributed by atoms with Gasteiger partial charge in [-0.2, -0.15) is 0 Å².